The van der Waals surface area contributed by atoms with Gasteiger partial charge in [-0.1, -0.05) is 6.07 Å². The van der Waals surface area contributed by atoms with Gasteiger partial charge in [0, 0.05) is 5.38 Å². The molecule has 110 valence electrons. The zero-order valence-corrected chi connectivity index (χ0v) is 11.8. The van der Waals surface area contributed by atoms with Crippen LogP contribution in [0.15, 0.2) is 23.6 Å². The van der Waals surface area contributed by atoms with E-state index in [4.69, 9.17) is 10.8 Å². The summed E-state index contributed by atoms with van der Waals surface area (Å²) in [5.74, 6) is -2.72. The third-order valence-corrected chi connectivity index (χ3v) is 3.77. The smallest absolute Gasteiger partial charge is 0.355 e. The van der Waals surface area contributed by atoms with Gasteiger partial charge in [0.05, 0.1) is 17.3 Å². The molecule has 6 nitrogen and oxygen atoms in total. The summed E-state index contributed by atoms with van der Waals surface area (Å²) in [5.41, 5.74) is 5.11. The van der Waals surface area contributed by atoms with E-state index in [2.05, 4.69) is 10.3 Å². The summed E-state index contributed by atoms with van der Waals surface area (Å²) in [7, 11) is 0. The lowest BCUT2D eigenvalue weighted by Crippen LogP contribution is -2.18. The summed E-state index contributed by atoms with van der Waals surface area (Å²) < 4.78 is 13.6. The van der Waals surface area contributed by atoms with E-state index in [9.17, 15) is 14.0 Å². The van der Waals surface area contributed by atoms with E-state index >= 15 is 0 Å². The second kappa shape index (κ2) is 5.88. The number of benzene rings is 1. The number of hydrogen-bond acceptors (Lipinski definition) is 5. The van der Waals surface area contributed by atoms with Crippen LogP contribution >= 0.6 is 11.3 Å². The van der Waals surface area contributed by atoms with E-state index in [0.29, 0.717) is 5.01 Å². The number of carbonyl (C=O) groups excluding carboxylic acids is 1. The number of rotatable bonds is 5. The van der Waals surface area contributed by atoms with Gasteiger partial charge in [-0.05, 0) is 19.1 Å². The molecule has 0 spiro atoms. The highest BCUT2D eigenvalue weighted by molar-refractivity contribution is 7.09. The lowest BCUT2D eigenvalue weighted by Gasteiger charge is -2.15. The molecule has 2 aromatic rings. The summed E-state index contributed by atoms with van der Waals surface area (Å²) in [6.45, 7) is 1.72. The number of nitrogens with zero attached hydrogens (tertiary/aromatic N) is 1. The summed E-state index contributed by atoms with van der Waals surface area (Å²) in [5, 5.41) is 13.7. The zero-order valence-electron chi connectivity index (χ0n) is 11.0. The van der Waals surface area contributed by atoms with Crippen molar-refractivity contribution in [3.8, 4) is 0 Å². The summed E-state index contributed by atoms with van der Waals surface area (Å²) >= 11 is 1.16. The van der Waals surface area contributed by atoms with Crippen molar-refractivity contribution in [3.05, 3.63) is 45.7 Å². The van der Waals surface area contributed by atoms with Gasteiger partial charge in [-0.2, -0.15) is 0 Å². The number of carbonyl (C=O) groups is 2. The summed E-state index contributed by atoms with van der Waals surface area (Å²) in [4.78, 5) is 26.1. The third kappa shape index (κ3) is 3.16. The Labute approximate surface area is 123 Å². The molecule has 4 N–H and O–H groups in total. The number of amides is 1. The molecule has 1 amide bonds. The highest BCUT2D eigenvalue weighted by Gasteiger charge is 2.18. The molecule has 0 radical (unpaired) electrons. The molecular formula is C13H12FN3O3S. The molecule has 2 rings (SSSR count). The number of aromatic nitrogens is 1. The SMILES string of the molecule is CC(Nc1cccc(F)c1C(N)=O)c1nc(C(=O)O)cs1. The Balaban J connectivity index is 2.27. The Kier molecular flexibility index (Phi) is 4.18. The number of anilines is 1. The maximum Gasteiger partial charge on any atom is 0.355 e. The second-order valence-corrected chi connectivity index (χ2v) is 5.16. The first kappa shape index (κ1) is 14.9. The number of aromatic carboxylic acids is 1. The van der Waals surface area contributed by atoms with Crippen molar-refractivity contribution in [2.45, 2.75) is 13.0 Å². The first-order valence-corrected chi connectivity index (χ1v) is 6.81. The highest BCUT2D eigenvalue weighted by atomic mass is 32.1. The van der Waals surface area contributed by atoms with Gasteiger partial charge in [0.15, 0.2) is 5.69 Å². The highest BCUT2D eigenvalue weighted by Crippen LogP contribution is 2.26. The molecule has 1 unspecified atom stereocenters. The lowest BCUT2D eigenvalue weighted by molar-refractivity contribution is 0.0691. The van der Waals surface area contributed by atoms with E-state index in [1.165, 1.54) is 17.5 Å². The molecule has 0 saturated carbocycles. The molecule has 8 heteroatoms. The van der Waals surface area contributed by atoms with Crippen LogP contribution in [0.1, 0.15) is 38.8 Å². The molecule has 0 bridgehead atoms. The Morgan fingerprint density at radius 3 is 2.76 bits per heavy atom. The van der Waals surface area contributed by atoms with E-state index in [1.54, 1.807) is 6.92 Å². The number of nitrogens with one attached hydrogen (secondary N) is 1. The fourth-order valence-electron chi connectivity index (χ4n) is 1.77. The van der Waals surface area contributed by atoms with Crippen LogP contribution in [0.3, 0.4) is 0 Å². The second-order valence-electron chi connectivity index (χ2n) is 4.27. The van der Waals surface area contributed by atoms with Crippen molar-refractivity contribution in [2.75, 3.05) is 5.32 Å². The molecule has 0 fully saturated rings. The van der Waals surface area contributed by atoms with Crippen LogP contribution in [0.2, 0.25) is 0 Å². The van der Waals surface area contributed by atoms with E-state index in [0.717, 1.165) is 17.4 Å². The average Bonchev–Trinajstić information content (AvgIpc) is 2.88. The van der Waals surface area contributed by atoms with Gasteiger partial charge >= 0.3 is 5.97 Å². The number of carboxylic acid groups (broad SMARTS) is 1. The molecule has 0 aliphatic carbocycles. The third-order valence-electron chi connectivity index (χ3n) is 2.74. The maximum atomic E-state index is 13.6. The minimum absolute atomic E-state index is 0.0574. The van der Waals surface area contributed by atoms with Crippen LogP contribution in [-0.4, -0.2) is 22.0 Å². The lowest BCUT2D eigenvalue weighted by atomic mass is 10.1. The van der Waals surface area contributed by atoms with Crippen molar-refractivity contribution >= 4 is 28.9 Å². The molecule has 0 aliphatic heterocycles. The average molecular weight is 309 g/mol. The van der Waals surface area contributed by atoms with Crippen molar-refractivity contribution < 1.29 is 19.1 Å². The number of halogens is 1. The van der Waals surface area contributed by atoms with Crippen LogP contribution < -0.4 is 11.1 Å². The first-order valence-electron chi connectivity index (χ1n) is 5.93. The van der Waals surface area contributed by atoms with Crippen LogP contribution in [0.4, 0.5) is 10.1 Å². The number of thiazole rings is 1. The quantitative estimate of drug-likeness (QED) is 0.785. The Morgan fingerprint density at radius 1 is 1.48 bits per heavy atom. The number of hydrogen-bond donors (Lipinski definition) is 3. The standard InChI is InChI=1S/C13H12FN3O3S/c1-6(12-17-9(5-21-12)13(19)20)16-8-4-2-3-7(14)10(8)11(15)18/h2-6,16H,1H3,(H2,15,18)(H,19,20). The minimum atomic E-state index is -1.12. The fourth-order valence-corrected chi connectivity index (χ4v) is 2.57. The van der Waals surface area contributed by atoms with Gasteiger partial charge in [0.25, 0.3) is 5.91 Å². The minimum Gasteiger partial charge on any atom is -0.476 e. The van der Waals surface area contributed by atoms with E-state index in [1.807, 2.05) is 0 Å². The maximum absolute atomic E-state index is 13.6. The van der Waals surface area contributed by atoms with Gasteiger partial charge in [0.1, 0.15) is 10.8 Å². The van der Waals surface area contributed by atoms with Crippen LogP contribution in [0.5, 0.6) is 0 Å². The van der Waals surface area contributed by atoms with Gasteiger partial charge in [0.2, 0.25) is 0 Å². The Bertz CT molecular complexity index is 702. The monoisotopic (exact) mass is 309 g/mol. The Hall–Kier alpha value is -2.48. The topological polar surface area (TPSA) is 105 Å². The molecule has 0 aliphatic rings. The van der Waals surface area contributed by atoms with E-state index < -0.39 is 23.7 Å². The predicted molar refractivity (Wildman–Crippen MR) is 76.0 cm³/mol. The van der Waals surface area contributed by atoms with Gasteiger partial charge in [-0.25, -0.2) is 14.2 Å². The van der Waals surface area contributed by atoms with Gasteiger partial charge in [-0.3, -0.25) is 4.79 Å². The van der Waals surface area contributed by atoms with E-state index in [-0.39, 0.29) is 16.9 Å². The van der Waals surface area contributed by atoms with Gasteiger partial charge in [-0.15, -0.1) is 11.3 Å². The number of carboxylic acids is 1. The normalized spacial score (nSPS) is 11.9. The van der Waals surface area contributed by atoms with Crippen molar-refractivity contribution in [2.24, 2.45) is 5.73 Å². The van der Waals surface area contributed by atoms with Crippen LogP contribution in [0, 0.1) is 5.82 Å². The molecular weight excluding hydrogens is 297 g/mol. The molecule has 1 aromatic carbocycles. The van der Waals surface area contributed by atoms with Crippen molar-refractivity contribution in [1.29, 1.82) is 0 Å². The molecule has 21 heavy (non-hydrogen) atoms. The summed E-state index contributed by atoms with van der Waals surface area (Å²) in [6, 6.07) is 3.71. The Morgan fingerprint density at radius 2 is 2.19 bits per heavy atom. The van der Waals surface area contributed by atoms with Gasteiger partial charge < -0.3 is 16.2 Å². The summed E-state index contributed by atoms with van der Waals surface area (Å²) in [6.07, 6.45) is 0. The molecule has 1 aromatic heterocycles. The predicted octanol–water partition coefficient (Wildman–Crippen LogP) is 2.25. The van der Waals surface area contributed by atoms with Crippen molar-refractivity contribution in [3.63, 3.8) is 0 Å². The first-order chi connectivity index (χ1) is 9.90. The molecule has 1 heterocycles. The fraction of sp³-hybridized carbons (Fsp3) is 0.154. The molecule has 1 atom stereocenters. The largest absolute Gasteiger partial charge is 0.476 e. The van der Waals surface area contributed by atoms with Crippen molar-refractivity contribution in [1.82, 2.24) is 4.98 Å². The van der Waals surface area contributed by atoms with Crippen LogP contribution in [-0.2, 0) is 0 Å². The zero-order chi connectivity index (χ0) is 15.6. The van der Waals surface area contributed by atoms with Crippen LogP contribution in [0.25, 0.3) is 0 Å². The molecule has 0 saturated heterocycles. The number of nitrogens with two attached hydrogens (primary N) is 1. The number of primary amides is 1.